The van der Waals surface area contributed by atoms with E-state index in [1.54, 1.807) is 19.4 Å². The van der Waals surface area contributed by atoms with Gasteiger partial charge in [0.15, 0.2) is 0 Å². The number of amides is 1. The van der Waals surface area contributed by atoms with Gasteiger partial charge in [-0.05, 0) is 37.0 Å². The van der Waals surface area contributed by atoms with Crippen LogP contribution in [0.25, 0.3) is 0 Å². The minimum Gasteiger partial charge on any atom is -0.292 e. The predicted octanol–water partition coefficient (Wildman–Crippen LogP) is 1.04. The molecule has 1 amide bonds. The minimum absolute atomic E-state index is 0.0484. The molecule has 0 saturated carbocycles. The van der Waals surface area contributed by atoms with Gasteiger partial charge in [-0.15, -0.1) is 0 Å². The van der Waals surface area contributed by atoms with Crippen LogP contribution in [-0.4, -0.2) is 17.9 Å². The Kier molecular flexibility index (Phi) is 5.40. The summed E-state index contributed by atoms with van der Waals surface area (Å²) in [6.45, 7) is 0. The Bertz CT molecular complexity index is 287. The zero-order valence-corrected chi connectivity index (χ0v) is 8.99. The molecule has 15 heavy (non-hydrogen) atoms. The second-order valence-corrected chi connectivity index (χ2v) is 3.36. The van der Waals surface area contributed by atoms with Crippen molar-refractivity contribution in [1.82, 2.24) is 15.8 Å². The van der Waals surface area contributed by atoms with Gasteiger partial charge in [-0.1, -0.05) is 0 Å². The minimum atomic E-state index is 0.0484. The molecule has 0 fully saturated rings. The van der Waals surface area contributed by atoms with E-state index in [9.17, 15) is 4.79 Å². The second kappa shape index (κ2) is 6.95. The summed E-state index contributed by atoms with van der Waals surface area (Å²) in [6, 6.07) is 4.02. The molecule has 0 aliphatic rings. The van der Waals surface area contributed by atoms with Crippen molar-refractivity contribution >= 4 is 5.91 Å². The van der Waals surface area contributed by atoms with Crippen LogP contribution < -0.4 is 10.9 Å². The summed E-state index contributed by atoms with van der Waals surface area (Å²) in [5.74, 6) is 0.0484. The number of nitrogens with one attached hydrogen (secondary N) is 2. The molecule has 1 aromatic heterocycles. The Morgan fingerprint density at radius 3 is 2.73 bits per heavy atom. The number of aryl methyl sites for hydroxylation is 1. The number of hydrogen-bond donors (Lipinski definition) is 2. The first-order valence-electron chi connectivity index (χ1n) is 5.17. The molecule has 0 bridgehead atoms. The van der Waals surface area contributed by atoms with Crippen molar-refractivity contribution in [1.29, 1.82) is 0 Å². The zero-order valence-electron chi connectivity index (χ0n) is 8.99. The van der Waals surface area contributed by atoms with E-state index in [4.69, 9.17) is 0 Å². The molecule has 0 radical (unpaired) electrons. The number of carbonyl (C=O) groups is 1. The predicted molar refractivity (Wildman–Crippen MR) is 59.0 cm³/mol. The van der Waals surface area contributed by atoms with Crippen molar-refractivity contribution in [3.63, 3.8) is 0 Å². The van der Waals surface area contributed by atoms with Gasteiger partial charge in [-0.2, -0.15) is 0 Å². The van der Waals surface area contributed by atoms with Crippen LogP contribution in [0.4, 0.5) is 0 Å². The average Bonchev–Trinajstić information content (AvgIpc) is 2.26. The molecule has 0 spiro atoms. The van der Waals surface area contributed by atoms with E-state index < -0.39 is 0 Å². The third kappa shape index (κ3) is 5.12. The Morgan fingerprint density at radius 2 is 2.07 bits per heavy atom. The van der Waals surface area contributed by atoms with Crippen molar-refractivity contribution < 1.29 is 4.79 Å². The lowest BCUT2D eigenvalue weighted by Crippen LogP contribution is -2.33. The lowest BCUT2D eigenvalue weighted by Gasteiger charge is -2.02. The summed E-state index contributed by atoms with van der Waals surface area (Å²) < 4.78 is 0. The SMILES string of the molecule is CNNC(=O)CCCCc1ccncc1. The summed E-state index contributed by atoms with van der Waals surface area (Å²) in [5, 5.41) is 0. The van der Waals surface area contributed by atoms with Crippen LogP contribution in [0.2, 0.25) is 0 Å². The van der Waals surface area contributed by atoms with Gasteiger partial charge in [-0.3, -0.25) is 15.2 Å². The van der Waals surface area contributed by atoms with Gasteiger partial charge in [-0.25, -0.2) is 5.43 Å². The number of unbranched alkanes of at least 4 members (excludes halogenated alkanes) is 1. The summed E-state index contributed by atoms with van der Waals surface area (Å²) >= 11 is 0. The van der Waals surface area contributed by atoms with Crippen LogP contribution in [0, 0.1) is 0 Å². The van der Waals surface area contributed by atoms with Crippen LogP contribution >= 0.6 is 0 Å². The van der Waals surface area contributed by atoms with E-state index in [0.717, 1.165) is 19.3 Å². The van der Waals surface area contributed by atoms with Crippen LogP contribution in [0.15, 0.2) is 24.5 Å². The second-order valence-electron chi connectivity index (χ2n) is 3.36. The maximum Gasteiger partial charge on any atom is 0.234 e. The molecule has 82 valence electrons. The monoisotopic (exact) mass is 207 g/mol. The van der Waals surface area contributed by atoms with Gasteiger partial charge in [0, 0.05) is 25.9 Å². The highest BCUT2D eigenvalue weighted by atomic mass is 16.2. The van der Waals surface area contributed by atoms with Gasteiger partial charge in [0.25, 0.3) is 0 Å². The average molecular weight is 207 g/mol. The van der Waals surface area contributed by atoms with Crippen molar-refractivity contribution in [2.24, 2.45) is 0 Å². The maximum atomic E-state index is 11.1. The molecule has 1 rings (SSSR count). The lowest BCUT2D eigenvalue weighted by molar-refractivity contribution is -0.122. The van der Waals surface area contributed by atoms with Crippen molar-refractivity contribution in [3.8, 4) is 0 Å². The van der Waals surface area contributed by atoms with Crippen LogP contribution in [0.1, 0.15) is 24.8 Å². The standard InChI is InChI=1S/C11H17N3O/c1-12-14-11(15)5-3-2-4-10-6-8-13-9-7-10/h6-9,12H,2-5H2,1H3,(H,14,15). The maximum absolute atomic E-state index is 11.1. The third-order valence-electron chi connectivity index (χ3n) is 2.13. The Morgan fingerprint density at radius 1 is 1.33 bits per heavy atom. The van der Waals surface area contributed by atoms with Gasteiger partial charge in [0.05, 0.1) is 0 Å². The number of hydrogen-bond acceptors (Lipinski definition) is 3. The Labute approximate surface area is 90.1 Å². The van der Waals surface area contributed by atoms with Gasteiger partial charge >= 0.3 is 0 Å². The molecule has 0 saturated heterocycles. The highest BCUT2D eigenvalue weighted by Crippen LogP contribution is 2.04. The quantitative estimate of drug-likeness (QED) is 0.541. The molecule has 1 heterocycles. The molecule has 0 atom stereocenters. The topological polar surface area (TPSA) is 54.0 Å². The summed E-state index contributed by atoms with van der Waals surface area (Å²) in [6.07, 6.45) is 7.12. The molecule has 0 aliphatic heterocycles. The Balaban J connectivity index is 2.10. The third-order valence-corrected chi connectivity index (χ3v) is 2.13. The molecule has 0 aliphatic carbocycles. The molecule has 1 aromatic rings. The van der Waals surface area contributed by atoms with E-state index in [1.807, 2.05) is 12.1 Å². The van der Waals surface area contributed by atoms with Gasteiger partial charge in [0.2, 0.25) is 5.91 Å². The van der Waals surface area contributed by atoms with Crippen molar-refractivity contribution in [2.75, 3.05) is 7.05 Å². The van der Waals surface area contributed by atoms with Crippen molar-refractivity contribution in [3.05, 3.63) is 30.1 Å². The fourth-order valence-corrected chi connectivity index (χ4v) is 1.37. The highest BCUT2D eigenvalue weighted by Gasteiger charge is 1.99. The number of pyridine rings is 1. The normalized spacial score (nSPS) is 9.93. The smallest absolute Gasteiger partial charge is 0.234 e. The zero-order chi connectivity index (χ0) is 10.9. The molecule has 4 heteroatoms. The van der Waals surface area contributed by atoms with E-state index in [1.165, 1.54) is 5.56 Å². The van der Waals surface area contributed by atoms with Gasteiger partial charge in [0.1, 0.15) is 0 Å². The molecular formula is C11H17N3O. The first kappa shape index (κ1) is 11.7. The summed E-state index contributed by atoms with van der Waals surface area (Å²) in [5.41, 5.74) is 6.44. The van der Waals surface area contributed by atoms with E-state index in [2.05, 4.69) is 15.8 Å². The van der Waals surface area contributed by atoms with E-state index in [0.29, 0.717) is 6.42 Å². The highest BCUT2D eigenvalue weighted by molar-refractivity contribution is 5.75. The fraction of sp³-hybridized carbons (Fsp3) is 0.455. The Hall–Kier alpha value is -1.42. The molecule has 4 nitrogen and oxygen atoms in total. The number of aromatic nitrogens is 1. The van der Waals surface area contributed by atoms with E-state index >= 15 is 0 Å². The number of nitrogens with zero attached hydrogens (tertiary/aromatic N) is 1. The largest absolute Gasteiger partial charge is 0.292 e. The number of hydrazine groups is 1. The van der Waals surface area contributed by atoms with Crippen LogP contribution in [0.3, 0.4) is 0 Å². The van der Waals surface area contributed by atoms with E-state index in [-0.39, 0.29) is 5.91 Å². The van der Waals surface area contributed by atoms with Crippen molar-refractivity contribution in [2.45, 2.75) is 25.7 Å². The molecule has 0 aromatic carbocycles. The van der Waals surface area contributed by atoms with Crippen LogP contribution in [-0.2, 0) is 11.2 Å². The fourth-order valence-electron chi connectivity index (χ4n) is 1.37. The van der Waals surface area contributed by atoms with Gasteiger partial charge < -0.3 is 0 Å². The lowest BCUT2D eigenvalue weighted by atomic mass is 10.1. The van der Waals surface area contributed by atoms with Crippen LogP contribution in [0.5, 0.6) is 0 Å². The molecule has 0 unspecified atom stereocenters. The number of carbonyl (C=O) groups excluding carboxylic acids is 1. The summed E-state index contributed by atoms with van der Waals surface area (Å²) in [4.78, 5) is 15.0. The first-order chi connectivity index (χ1) is 7.33. The first-order valence-corrected chi connectivity index (χ1v) is 5.17. The molecular weight excluding hydrogens is 190 g/mol. The summed E-state index contributed by atoms with van der Waals surface area (Å²) in [7, 11) is 1.69. The number of rotatable bonds is 6. The molecule has 2 N–H and O–H groups in total.